The first kappa shape index (κ1) is 13.6. The van der Waals surface area contributed by atoms with Crippen molar-refractivity contribution in [1.82, 2.24) is 14.8 Å². The highest BCUT2D eigenvalue weighted by atomic mass is 32.1. The molecule has 0 aliphatic carbocycles. The molecule has 3 rings (SSSR count). The van der Waals surface area contributed by atoms with E-state index in [9.17, 15) is 9.90 Å². The molecule has 3 heterocycles. The number of thiophene rings is 1. The first-order chi connectivity index (χ1) is 10.2. The zero-order valence-electron chi connectivity index (χ0n) is 11.3. The van der Waals surface area contributed by atoms with Crippen LogP contribution in [0.15, 0.2) is 29.9 Å². The minimum absolute atomic E-state index is 0.0571. The van der Waals surface area contributed by atoms with Gasteiger partial charge >= 0.3 is 5.97 Å². The molecule has 0 radical (unpaired) electrons. The summed E-state index contributed by atoms with van der Waals surface area (Å²) in [4.78, 5) is 16.6. The summed E-state index contributed by atoms with van der Waals surface area (Å²) >= 11 is 1.65. The summed E-state index contributed by atoms with van der Waals surface area (Å²) in [6, 6.07) is 4.01. The lowest BCUT2D eigenvalue weighted by Crippen LogP contribution is -2.07. The molecule has 0 saturated carbocycles. The molecule has 0 aliphatic heterocycles. The van der Waals surface area contributed by atoms with E-state index < -0.39 is 5.97 Å². The Morgan fingerprint density at radius 2 is 2.33 bits per heavy atom. The van der Waals surface area contributed by atoms with Crippen LogP contribution in [0.3, 0.4) is 0 Å². The maximum Gasteiger partial charge on any atom is 0.341 e. The van der Waals surface area contributed by atoms with Gasteiger partial charge in [-0.3, -0.25) is 4.68 Å². The first-order valence-electron chi connectivity index (χ1n) is 6.36. The molecule has 0 fully saturated rings. The van der Waals surface area contributed by atoms with Gasteiger partial charge in [-0.2, -0.15) is 5.10 Å². The minimum Gasteiger partial charge on any atom is -0.491 e. The number of aromatic carboxylic acids is 1. The van der Waals surface area contributed by atoms with Crippen molar-refractivity contribution in [1.29, 1.82) is 0 Å². The molecule has 7 heteroatoms. The Balaban J connectivity index is 1.90. The largest absolute Gasteiger partial charge is 0.491 e. The third kappa shape index (κ3) is 2.59. The molecule has 0 amide bonds. The summed E-state index contributed by atoms with van der Waals surface area (Å²) in [7, 11) is 1.76. The summed E-state index contributed by atoms with van der Waals surface area (Å²) in [6.07, 6.45) is 3.63. The molecule has 3 aromatic heterocycles. The molecule has 0 unspecified atom stereocenters. The van der Waals surface area contributed by atoms with E-state index in [1.54, 1.807) is 29.3 Å². The van der Waals surface area contributed by atoms with Gasteiger partial charge in [-0.25, -0.2) is 9.78 Å². The van der Waals surface area contributed by atoms with Gasteiger partial charge in [0.2, 0.25) is 0 Å². The minimum atomic E-state index is -1.06. The Morgan fingerprint density at radius 3 is 3.05 bits per heavy atom. The number of aromatic nitrogens is 3. The van der Waals surface area contributed by atoms with Gasteiger partial charge in [0, 0.05) is 24.5 Å². The molecule has 0 spiro atoms. The van der Waals surface area contributed by atoms with Crippen LogP contribution in [-0.4, -0.2) is 32.4 Å². The van der Waals surface area contributed by atoms with Crippen molar-refractivity contribution in [3.63, 3.8) is 0 Å². The van der Waals surface area contributed by atoms with Crippen molar-refractivity contribution in [3.8, 4) is 5.75 Å². The van der Waals surface area contributed by atoms with Crippen LogP contribution >= 0.6 is 11.3 Å². The molecule has 21 heavy (non-hydrogen) atoms. The Hall–Kier alpha value is -2.41. The number of pyridine rings is 1. The Bertz CT molecular complexity index is 780. The lowest BCUT2D eigenvalue weighted by molar-refractivity contribution is 0.0692. The monoisotopic (exact) mass is 303 g/mol. The Morgan fingerprint density at radius 1 is 1.48 bits per heavy atom. The standard InChI is InChI=1S/C14H13N3O3S/c1-17-13-10(8-16-17)12(11(7-15-13)14(18)19)20-5-4-9-3-2-6-21-9/h2-3,6-8H,4-5H2,1H3,(H,18,19). The second-order valence-corrected chi connectivity index (χ2v) is 5.52. The van der Waals surface area contributed by atoms with Crippen molar-refractivity contribution in [2.75, 3.05) is 6.61 Å². The second kappa shape index (κ2) is 5.53. The smallest absolute Gasteiger partial charge is 0.341 e. The lowest BCUT2D eigenvalue weighted by Gasteiger charge is -2.09. The number of nitrogens with zero attached hydrogens (tertiary/aromatic N) is 3. The number of carbonyl (C=O) groups is 1. The van der Waals surface area contributed by atoms with E-state index in [2.05, 4.69) is 10.1 Å². The number of carboxylic acid groups (broad SMARTS) is 1. The van der Waals surface area contributed by atoms with Crippen LogP contribution in [0.1, 0.15) is 15.2 Å². The second-order valence-electron chi connectivity index (χ2n) is 4.49. The maximum atomic E-state index is 11.3. The van der Waals surface area contributed by atoms with Crippen LogP contribution < -0.4 is 4.74 Å². The van der Waals surface area contributed by atoms with Crippen molar-refractivity contribution in [2.24, 2.45) is 7.05 Å². The van der Waals surface area contributed by atoms with E-state index in [-0.39, 0.29) is 5.56 Å². The lowest BCUT2D eigenvalue weighted by atomic mass is 10.2. The van der Waals surface area contributed by atoms with Gasteiger partial charge in [0.15, 0.2) is 5.65 Å². The van der Waals surface area contributed by atoms with Gasteiger partial charge in [0.1, 0.15) is 11.3 Å². The Labute approximate surface area is 124 Å². The number of fused-ring (bicyclic) bond motifs is 1. The molecule has 108 valence electrons. The molecule has 0 aromatic carbocycles. The highest BCUT2D eigenvalue weighted by Crippen LogP contribution is 2.28. The van der Waals surface area contributed by atoms with Crippen LogP contribution in [-0.2, 0) is 13.5 Å². The topological polar surface area (TPSA) is 77.2 Å². The molecule has 0 aliphatic rings. The summed E-state index contributed by atoms with van der Waals surface area (Å²) in [5.74, 6) is -0.725. The summed E-state index contributed by atoms with van der Waals surface area (Å²) in [5, 5.41) is 16.0. The fraction of sp³-hybridized carbons (Fsp3) is 0.214. The predicted octanol–water partition coefficient (Wildman–Crippen LogP) is 2.35. The number of aryl methyl sites for hydroxylation is 1. The maximum absolute atomic E-state index is 11.3. The zero-order chi connectivity index (χ0) is 14.8. The quantitative estimate of drug-likeness (QED) is 0.783. The Kier molecular flexibility index (Phi) is 3.57. The molecule has 6 nitrogen and oxygen atoms in total. The number of hydrogen-bond acceptors (Lipinski definition) is 5. The average Bonchev–Trinajstić information content (AvgIpc) is 3.09. The zero-order valence-corrected chi connectivity index (χ0v) is 12.1. The summed E-state index contributed by atoms with van der Waals surface area (Å²) in [5.41, 5.74) is 0.660. The van der Waals surface area contributed by atoms with Gasteiger partial charge in [-0.1, -0.05) is 6.07 Å². The van der Waals surface area contributed by atoms with E-state index >= 15 is 0 Å². The van der Waals surface area contributed by atoms with Gasteiger partial charge in [0.25, 0.3) is 0 Å². The van der Waals surface area contributed by atoms with Gasteiger partial charge < -0.3 is 9.84 Å². The SMILES string of the molecule is Cn1ncc2c(OCCc3cccs3)c(C(=O)O)cnc21. The number of rotatable bonds is 5. The number of ether oxygens (including phenoxy) is 1. The molecule has 3 aromatic rings. The van der Waals surface area contributed by atoms with E-state index in [1.165, 1.54) is 11.1 Å². The molecule has 0 saturated heterocycles. The predicted molar refractivity (Wildman–Crippen MR) is 79.0 cm³/mol. The van der Waals surface area contributed by atoms with E-state index in [0.29, 0.717) is 23.4 Å². The number of carboxylic acids is 1. The number of hydrogen-bond donors (Lipinski definition) is 1. The van der Waals surface area contributed by atoms with E-state index in [0.717, 1.165) is 6.42 Å². The fourth-order valence-electron chi connectivity index (χ4n) is 2.09. The van der Waals surface area contributed by atoms with Crippen molar-refractivity contribution >= 4 is 28.3 Å². The van der Waals surface area contributed by atoms with Crippen LogP contribution in [0.25, 0.3) is 11.0 Å². The summed E-state index contributed by atoms with van der Waals surface area (Å²) in [6.45, 7) is 0.412. The highest BCUT2D eigenvalue weighted by molar-refractivity contribution is 7.09. The van der Waals surface area contributed by atoms with Crippen molar-refractivity contribution in [2.45, 2.75) is 6.42 Å². The summed E-state index contributed by atoms with van der Waals surface area (Å²) < 4.78 is 7.32. The molecular weight excluding hydrogens is 290 g/mol. The van der Waals surface area contributed by atoms with Gasteiger partial charge in [-0.15, -0.1) is 11.3 Å². The average molecular weight is 303 g/mol. The van der Waals surface area contributed by atoms with Crippen LogP contribution in [0.2, 0.25) is 0 Å². The van der Waals surface area contributed by atoms with Gasteiger partial charge in [0.05, 0.1) is 18.2 Å². The molecular formula is C14H13N3O3S. The first-order valence-corrected chi connectivity index (χ1v) is 7.24. The van der Waals surface area contributed by atoms with Crippen LogP contribution in [0.5, 0.6) is 5.75 Å². The van der Waals surface area contributed by atoms with Crippen LogP contribution in [0, 0.1) is 0 Å². The third-order valence-corrected chi connectivity index (χ3v) is 4.05. The van der Waals surface area contributed by atoms with Crippen molar-refractivity contribution in [3.05, 3.63) is 40.3 Å². The fourth-order valence-corrected chi connectivity index (χ4v) is 2.78. The third-order valence-electron chi connectivity index (χ3n) is 3.12. The normalized spacial score (nSPS) is 10.9. The molecule has 0 atom stereocenters. The van der Waals surface area contributed by atoms with Crippen molar-refractivity contribution < 1.29 is 14.6 Å². The van der Waals surface area contributed by atoms with Crippen LogP contribution in [0.4, 0.5) is 0 Å². The molecule has 0 bridgehead atoms. The van der Waals surface area contributed by atoms with E-state index in [4.69, 9.17) is 4.74 Å². The highest BCUT2D eigenvalue weighted by Gasteiger charge is 2.18. The van der Waals surface area contributed by atoms with Gasteiger partial charge in [-0.05, 0) is 11.4 Å². The van der Waals surface area contributed by atoms with E-state index in [1.807, 2.05) is 17.5 Å². The molecule has 1 N–H and O–H groups in total.